The van der Waals surface area contributed by atoms with Gasteiger partial charge in [0.05, 0.1) is 0 Å². The van der Waals surface area contributed by atoms with E-state index in [0.29, 0.717) is 0 Å². The van der Waals surface area contributed by atoms with E-state index in [1.54, 1.807) is 0 Å². The average Bonchev–Trinajstić information content (AvgIpc) is 3.02. The third-order valence-corrected chi connectivity index (χ3v) is 26.5. The van der Waals surface area contributed by atoms with E-state index >= 15 is 0 Å². The number of hydrogen-bond donors (Lipinski definition) is 1. The fraction of sp³-hybridized carbons (Fsp3) is 0.0400. The van der Waals surface area contributed by atoms with Crippen molar-refractivity contribution < 1.29 is 38.0 Å². The molecule has 212 valence electrons. The van der Waals surface area contributed by atoms with E-state index in [0.717, 1.165) is 21.1 Å². The first kappa shape index (κ1) is 29.1. The Bertz CT molecular complexity index is 1320. The van der Waals surface area contributed by atoms with E-state index in [1.165, 1.54) is 0 Å². The number of benzene rings is 4. The Balaban J connectivity index is 1.43. The van der Waals surface area contributed by atoms with E-state index in [2.05, 4.69) is 0 Å². The van der Waals surface area contributed by atoms with Crippen molar-refractivity contribution in [2.24, 2.45) is 0 Å². The van der Waals surface area contributed by atoms with Gasteiger partial charge in [-0.2, -0.15) is 0 Å². The molecule has 9 nitrogen and oxygen atoms in total. The van der Waals surface area contributed by atoms with E-state index < -0.39 is 71.9 Å². The van der Waals surface area contributed by atoms with Crippen molar-refractivity contribution in [3.8, 4) is 0 Å². The molecule has 0 saturated carbocycles. The highest BCUT2D eigenvalue weighted by atomic mass is 28.5. The molecule has 2 bridgehead atoms. The highest BCUT2D eigenvalue weighted by molar-refractivity contribution is 6.93. The largest absolute Gasteiger partial charge is 0.509 e. The molecule has 3 heterocycles. The molecule has 4 aromatic carbocycles. The molecule has 3 aliphatic rings. The molecule has 0 aromatic heterocycles. The minimum Gasteiger partial charge on any atom is -0.421 e. The molecule has 3 saturated heterocycles. The van der Waals surface area contributed by atoms with Crippen LogP contribution in [0.2, 0.25) is 0 Å². The molecular weight excluding hydrogens is 641 g/mol. The maximum absolute atomic E-state index is 11.3. The number of aliphatic hydroxyl groups excluding tert-OH is 1. The van der Waals surface area contributed by atoms with Gasteiger partial charge in [0.1, 0.15) is 5.73 Å². The first-order valence-corrected chi connectivity index (χ1v) is 23.3. The van der Waals surface area contributed by atoms with Gasteiger partial charge in [-0.15, -0.1) is 0 Å². The highest BCUT2D eigenvalue weighted by Gasteiger charge is 2.55. The Labute approximate surface area is 251 Å². The van der Waals surface area contributed by atoms with Gasteiger partial charge in [0.2, 0.25) is 0 Å². The number of rotatable bonds is 5. The SMILES string of the molecule is OC(c1ccccc1)[SiH]1O[SiH2]O[Si]2(c3ccccc3)O[SiH2]O[Si@](c3ccccc3)(O[SiH2]O1)O[SiH](c1ccccc1)O2. The second-order valence-corrected chi connectivity index (χ2v) is 25.3. The third kappa shape index (κ3) is 6.67. The van der Waals surface area contributed by atoms with Crippen LogP contribution < -0.4 is 15.6 Å². The van der Waals surface area contributed by atoms with Crippen molar-refractivity contribution in [2.45, 2.75) is 5.73 Å². The molecule has 5 atom stereocenters. The molecule has 0 spiro atoms. The lowest BCUT2D eigenvalue weighted by atomic mass is 10.2. The maximum atomic E-state index is 11.3. The standard InChI is InChI=1S/C25H30O9Si7/c26-25(21-13-5-1-6-14-21)39-27-35-29-40(23-17-9-3-10-18-23)31-37-32-41(30-36-28-39,24-19-11-4-12-20-24)34-38(33-40)22-15-7-2-8-16-22/h1-20,25-26,38-39H,35-37H2/t25?,38?,39?,40-,41?/m0/s1. The van der Waals surface area contributed by atoms with Crippen molar-refractivity contribution in [3.63, 3.8) is 0 Å². The fourth-order valence-electron chi connectivity index (χ4n) is 4.61. The van der Waals surface area contributed by atoms with Crippen molar-refractivity contribution in [2.75, 3.05) is 0 Å². The first-order chi connectivity index (χ1) is 20.2. The Morgan fingerprint density at radius 3 is 1.44 bits per heavy atom. The summed E-state index contributed by atoms with van der Waals surface area (Å²) in [5.74, 6) is 0. The van der Waals surface area contributed by atoms with Crippen LogP contribution in [0.4, 0.5) is 0 Å². The summed E-state index contributed by atoms with van der Waals surface area (Å²) in [6, 6.07) is 38.7. The lowest BCUT2D eigenvalue weighted by Gasteiger charge is -2.42. The normalized spacial score (nSPS) is 29.9. The van der Waals surface area contributed by atoms with Crippen LogP contribution in [0.3, 0.4) is 0 Å². The summed E-state index contributed by atoms with van der Waals surface area (Å²) in [5.41, 5.74) is -0.173. The van der Waals surface area contributed by atoms with Crippen LogP contribution in [-0.2, 0) is 32.9 Å². The van der Waals surface area contributed by atoms with Crippen LogP contribution in [0.25, 0.3) is 0 Å². The Morgan fingerprint density at radius 1 is 0.537 bits per heavy atom. The molecule has 7 rings (SSSR count). The predicted molar refractivity (Wildman–Crippen MR) is 170 cm³/mol. The van der Waals surface area contributed by atoms with Crippen molar-refractivity contribution in [3.05, 3.63) is 127 Å². The smallest absolute Gasteiger partial charge is 0.421 e. The van der Waals surface area contributed by atoms with Crippen molar-refractivity contribution >= 4 is 81.8 Å². The molecule has 4 unspecified atom stereocenters. The topological polar surface area (TPSA) is 94.1 Å². The average molecular weight is 671 g/mol. The zero-order valence-corrected chi connectivity index (χ0v) is 30.7. The predicted octanol–water partition coefficient (Wildman–Crippen LogP) is -1.54. The minimum atomic E-state index is -3.55. The molecule has 0 amide bonds. The van der Waals surface area contributed by atoms with Gasteiger partial charge < -0.3 is 38.0 Å². The van der Waals surface area contributed by atoms with Gasteiger partial charge >= 0.3 is 36.2 Å². The van der Waals surface area contributed by atoms with E-state index in [-0.39, 0.29) is 0 Å². The third-order valence-electron chi connectivity index (χ3n) is 6.71. The van der Waals surface area contributed by atoms with Gasteiger partial charge in [-0.3, -0.25) is 0 Å². The second-order valence-electron chi connectivity index (χ2n) is 9.31. The quantitative estimate of drug-likeness (QED) is 0.254. The van der Waals surface area contributed by atoms with Crippen LogP contribution in [0.5, 0.6) is 0 Å². The Hall–Kier alpha value is -1.96. The Kier molecular flexibility index (Phi) is 9.63. The first-order valence-electron chi connectivity index (χ1n) is 13.2. The van der Waals surface area contributed by atoms with E-state index in [4.69, 9.17) is 32.9 Å². The molecule has 0 radical (unpaired) electrons. The zero-order valence-electron chi connectivity index (χ0n) is 22.1. The number of fused-ring (bicyclic) bond motifs is 10. The lowest BCUT2D eigenvalue weighted by Crippen LogP contribution is -2.71. The molecular formula is C25H30O9Si7. The summed E-state index contributed by atoms with van der Waals surface area (Å²) < 4.78 is 53.1. The molecule has 0 aliphatic carbocycles. The summed E-state index contributed by atoms with van der Waals surface area (Å²) in [7, 11) is -17.7. The lowest BCUT2D eigenvalue weighted by molar-refractivity contribution is 0.166. The van der Waals surface area contributed by atoms with Gasteiger partial charge in [0.15, 0.2) is 0 Å². The van der Waals surface area contributed by atoms with Crippen molar-refractivity contribution in [1.29, 1.82) is 0 Å². The van der Waals surface area contributed by atoms with Gasteiger partial charge in [0, 0.05) is 10.4 Å². The molecule has 1 N–H and O–H groups in total. The molecule has 16 heteroatoms. The van der Waals surface area contributed by atoms with Gasteiger partial charge in [-0.1, -0.05) is 121 Å². The van der Waals surface area contributed by atoms with Gasteiger partial charge in [-0.25, -0.2) is 0 Å². The summed E-state index contributed by atoms with van der Waals surface area (Å²) in [6.45, 7) is 0. The van der Waals surface area contributed by atoms with Crippen LogP contribution in [-0.4, -0.2) is 71.3 Å². The highest BCUT2D eigenvalue weighted by Crippen LogP contribution is 2.23. The number of aliphatic hydroxyl groups is 1. The second kappa shape index (κ2) is 13.6. The summed E-state index contributed by atoms with van der Waals surface area (Å²) in [4.78, 5) is 0. The molecule has 41 heavy (non-hydrogen) atoms. The fourth-order valence-corrected chi connectivity index (χ4v) is 29.1. The van der Waals surface area contributed by atoms with Crippen molar-refractivity contribution in [1.82, 2.24) is 0 Å². The molecule has 3 fully saturated rings. The van der Waals surface area contributed by atoms with E-state index in [9.17, 15) is 5.11 Å². The van der Waals surface area contributed by atoms with Crippen LogP contribution in [0.15, 0.2) is 121 Å². The molecule has 4 aromatic rings. The number of hydrogen-bond acceptors (Lipinski definition) is 9. The summed E-state index contributed by atoms with van der Waals surface area (Å²) in [6.07, 6.45) is 0. The monoisotopic (exact) mass is 670 g/mol. The summed E-state index contributed by atoms with van der Waals surface area (Å²) >= 11 is 0. The zero-order chi connectivity index (χ0) is 28.0. The molecule has 3 aliphatic heterocycles. The maximum Gasteiger partial charge on any atom is 0.509 e. The van der Waals surface area contributed by atoms with Crippen LogP contribution in [0, 0.1) is 0 Å². The summed E-state index contributed by atoms with van der Waals surface area (Å²) in [5, 5.41) is 13.8. The van der Waals surface area contributed by atoms with Gasteiger partial charge in [-0.05, 0) is 10.8 Å². The minimum absolute atomic E-state index is 0.730. The Morgan fingerprint density at radius 2 is 0.951 bits per heavy atom. The van der Waals surface area contributed by atoms with Gasteiger partial charge in [0.25, 0.3) is 30.0 Å². The van der Waals surface area contributed by atoms with E-state index in [1.807, 2.05) is 121 Å². The van der Waals surface area contributed by atoms with Crippen LogP contribution in [0.1, 0.15) is 11.3 Å². The van der Waals surface area contributed by atoms with Crippen LogP contribution >= 0.6 is 0 Å².